The second kappa shape index (κ2) is 9.71. The Hall–Kier alpha value is -3.25. The van der Waals surface area contributed by atoms with Gasteiger partial charge in [0.05, 0.1) is 18.4 Å². The lowest BCUT2D eigenvalue weighted by Gasteiger charge is -2.26. The van der Waals surface area contributed by atoms with Crippen molar-refractivity contribution in [3.05, 3.63) is 65.4 Å². The fourth-order valence-electron chi connectivity index (χ4n) is 4.86. The molecule has 1 saturated heterocycles. The maximum atomic E-state index is 12.0. The van der Waals surface area contributed by atoms with Crippen molar-refractivity contribution in [1.29, 1.82) is 0 Å². The molecule has 0 atom stereocenters. The van der Waals surface area contributed by atoms with E-state index in [4.69, 9.17) is 14.7 Å². The van der Waals surface area contributed by atoms with Gasteiger partial charge >= 0.3 is 5.97 Å². The molecule has 6 heteroatoms. The van der Waals surface area contributed by atoms with Crippen LogP contribution in [0.2, 0.25) is 0 Å². The molecule has 0 spiro atoms. The first-order valence-corrected chi connectivity index (χ1v) is 11.9. The van der Waals surface area contributed by atoms with Crippen LogP contribution in [0, 0.1) is 0 Å². The molecule has 1 N–H and O–H groups in total. The Morgan fingerprint density at radius 1 is 1.06 bits per heavy atom. The largest absolute Gasteiger partial charge is 0.465 e. The summed E-state index contributed by atoms with van der Waals surface area (Å²) in [6, 6.07) is 15.8. The average molecular weight is 443 g/mol. The van der Waals surface area contributed by atoms with Crippen molar-refractivity contribution >= 4 is 11.8 Å². The number of benzene rings is 2. The SMILES string of the molecule is COC(=O)c1ccc2c(c1)Cc1nc(-c3ccccc3)nc(NCCCN3CCCCC3)c1-2. The highest BCUT2D eigenvalue weighted by Gasteiger charge is 2.26. The number of anilines is 1. The molecule has 1 aliphatic heterocycles. The third-order valence-electron chi connectivity index (χ3n) is 6.56. The minimum atomic E-state index is -0.319. The standard InChI is InChI=1S/C27H30N4O2/c1-33-27(32)20-11-12-22-21(17-20)18-23-24(22)26(28-13-8-16-31-14-6-3-7-15-31)30-25(29-23)19-9-4-2-5-10-19/h2,4-5,9-12,17H,3,6-8,13-16,18H2,1H3,(H,28,29,30). The molecule has 1 aromatic heterocycles. The molecule has 170 valence electrons. The predicted octanol–water partition coefficient (Wildman–Crippen LogP) is 4.79. The fourth-order valence-corrected chi connectivity index (χ4v) is 4.86. The molecule has 0 radical (unpaired) electrons. The van der Waals surface area contributed by atoms with Gasteiger partial charge in [0.25, 0.3) is 0 Å². The minimum Gasteiger partial charge on any atom is -0.465 e. The molecule has 2 aliphatic rings. The van der Waals surface area contributed by atoms with Gasteiger partial charge in [-0.3, -0.25) is 0 Å². The Balaban J connectivity index is 1.42. The number of methoxy groups -OCH3 is 1. The molecular formula is C27H30N4O2. The van der Waals surface area contributed by atoms with E-state index < -0.39 is 0 Å². The van der Waals surface area contributed by atoms with E-state index in [1.165, 1.54) is 39.5 Å². The first kappa shape index (κ1) is 21.6. The number of carbonyl (C=O) groups is 1. The number of esters is 1. The Morgan fingerprint density at radius 2 is 1.88 bits per heavy atom. The highest BCUT2D eigenvalue weighted by atomic mass is 16.5. The van der Waals surface area contributed by atoms with E-state index in [0.717, 1.165) is 59.1 Å². The van der Waals surface area contributed by atoms with Crippen LogP contribution in [0.3, 0.4) is 0 Å². The molecule has 2 heterocycles. The lowest BCUT2D eigenvalue weighted by atomic mass is 10.0. The summed E-state index contributed by atoms with van der Waals surface area (Å²) in [5, 5.41) is 3.61. The van der Waals surface area contributed by atoms with Crippen LogP contribution in [0.1, 0.15) is 47.3 Å². The predicted molar refractivity (Wildman–Crippen MR) is 130 cm³/mol. The second-order valence-electron chi connectivity index (χ2n) is 8.81. The summed E-state index contributed by atoms with van der Waals surface area (Å²) in [7, 11) is 1.41. The van der Waals surface area contributed by atoms with Gasteiger partial charge in [-0.15, -0.1) is 0 Å². The van der Waals surface area contributed by atoms with Crippen LogP contribution in [0.4, 0.5) is 5.82 Å². The van der Waals surface area contributed by atoms with Crippen LogP contribution in [-0.2, 0) is 11.2 Å². The van der Waals surface area contributed by atoms with Gasteiger partial charge in [0, 0.05) is 24.1 Å². The normalized spacial score (nSPS) is 15.1. The van der Waals surface area contributed by atoms with E-state index in [-0.39, 0.29) is 5.97 Å². The van der Waals surface area contributed by atoms with E-state index in [0.29, 0.717) is 12.0 Å². The third kappa shape index (κ3) is 4.62. The number of likely N-dealkylation sites (tertiary alicyclic amines) is 1. The average Bonchev–Trinajstić information content (AvgIpc) is 3.25. The lowest BCUT2D eigenvalue weighted by Crippen LogP contribution is -2.31. The summed E-state index contributed by atoms with van der Waals surface area (Å²) in [5.74, 6) is 1.29. The molecule has 1 fully saturated rings. The highest BCUT2D eigenvalue weighted by Crippen LogP contribution is 2.41. The molecule has 5 rings (SSSR count). The lowest BCUT2D eigenvalue weighted by molar-refractivity contribution is 0.0600. The summed E-state index contributed by atoms with van der Waals surface area (Å²) in [5.41, 5.74) is 5.80. The van der Waals surface area contributed by atoms with Gasteiger partial charge in [0.1, 0.15) is 5.82 Å². The van der Waals surface area contributed by atoms with Gasteiger partial charge in [-0.25, -0.2) is 14.8 Å². The number of ether oxygens (including phenoxy) is 1. The van der Waals surface area contributed by atoms with Crippen LogP contribution in [0.15, 0.2) is 48.5 Å². The number of hydrogen-bond acceptors (Lipinski definition) is 6. The van der Waals surface area contributed by atoms with Crippen molar-refractivity contribution < 1.29 is 9.53 Å². The number of aromatic nitrogens is 2. The van der Waals surface area contributed by atoms with E-state index in [1.807, 2.05) is 48.5 Å². The van der Waals surface area contributed by atoms with E-state index in [1.54, 1.807) is 0 Å². The smallest absolute Gasteiger partial charge is 0.337 e. The molecule has 2 aromatic carbocycles. The quantitative estimate of drug-likeness (QED) is 0.328. The summed E-state index contributed by atoms with van der Waals surface area (Å²) in [6.07, 6.45) is 5.75. The van der Waals surface area contributed by atoms with Gasteiger partial charge in [0.2, 0.25) is 0 Å². The van der Waals surface area contributed by atoms with Crippen LogP contribution < -0.4 is 5.32 Å². The first-order valence-electron chi connectivity index (χ1n) is 11.9. The van der Waals surface area contributed by atoms with Crippen molar-refractivity contribution in [2.45, 2.75) is 32.1 Å². The van der Waals surface area contributed by atoms with Gasteiger partial charge in [0.15, 0.2) is 5.82 Å². The number of nitrogens with zero attached hydrogens (tertiary/aromatic N) is 3. The number of piperidine rings is 1. The summed E-state index contributed by atoms with van der Waals surface area (Å²) in [4.78, 5) is 24.5. The van der Waals surface area contributed by atoms with Crippen molar-refractivity contribution in [3.63, 3.8) is 0 Å². The number of nitrogens with one attached hydrogen (secondary N) is 1. The molecule has 0 unspecified atom stereocenters. The molecule has 33 heavy (non-hydrogen) atoms. The maximum absolute atomic E-state index is 12.0. The molecule has 0 saturated carbocycles. The van der Waals surface area contributed by atoms with Crippen LogP contribution in [0.5, 0.6) is 0 Å². The Bertz CT molecular complexity index is 1140. The van der Waals surface area contributed by atoms with E-state index >= 15 is 0 Å². The van der Waals surface area contributed by atoms with Gasteiger partial charge in [-0.2, -0.15) is 0 Å². The van der Waals surface area contributed by atoms with E-state index in [9.17, 15) is 4.79 Å². The zero-order valence-corrected chi connectivity index (χ0v) is 19.1. The molecular weight excluding hydrogens is 412 g/mol. The number of carbonyl (C=O) groups excluding carboxylic acids is 1. The summed E-state index contributed by atoms with van der Waals surface area (Å²) < 4.78 is 4.91. The van der Waals surface area contributed by atoms with Crippen molar-refractivity contribution in [2.24, 2.45) is 0 Å². The van der Waals surface area contributed by atoms with Gasteiger partial charge in [-0.05, 0) is 62.2 Å². The number of fused-ring (bicyclic) bond motifs is 3. The zero-order valence-electron chi connectivity index (χ0n) is 19.1. The Morgan fingerprint density at radius 3 is 2.67 bits per heavy atom. The maximum Gasteiger partial charge on any atom is 0.337 e. The highest BCUT2D eigenvalue weighted by molar-refractivity contribution is 5.93. The fraction of sp³-hybridized carbons (Fsp3) is 0.370. The molecule has 1 aliphatic carbocycles. The monoisotopic (exact) mass is 442 g/mol. The Labute approximate surface area is 195 Å². The first-order chi connectivity index (χ1) is 16.2. The molecule has 6 nitrogen and oxygen atoms in total. The molecule has 3 aromatic rings. The van der Waals surface area contributed by atoms with Gasteiger partial charge < -0.3 is 15.0 Å². The van der Waals surface area contributed by atoms with Crippen molar-refractivity contribution in [2.75, 3.05) is 38.6 Å². The van der Waals surface area contributed by atoms with Crippen molar-refractivity contribution in [1.82, 2.24) is 14.9 Å². The zero-order chi connectivity index (χ0) is 22.6. The summed E-state index contributed by atoms with van der Waals surface area (Å²) in [6.45, 7) is 4.42. The molecule has 0 bridgehead atoms. The minimum absolute atomic E-state index is 0.319. The Kier molecular flexibility index (Phi) is 6.35. The van der Waals surface area contributed by atoms with E-state index in [2.05, 4.69) is 10.2 Å². The van der Waals surface area contributed by atoms with Crippen LogP contribution >= 0.6 is 0 Å². The number of rotatable bonds is 7. The van der Waals surface area contributed by atoms with Crippen LogP contribution in [-0.4, -0.2) is 54.1 Å². The third-order valence-corrected chi connectivity index (χ3v) is 6.56. The summed E-state index contributed by atoms with van der Waals surface area (Å²) >= 11 is 0. The van der Waals surface area contributed by atoms with Crippen LogP contribution in [0.25, 0.3) is 22.5 Å². The molecule has 0 amide bonds. The van der Waals surface area contributed by atoms with Gasteiger partial charge in [-0.1, -0.05) is 42.8 Å². The van der Waals surface area contributed by atoms with Crippen molar-refractivity contribution in [3.8, 4) is 22.5 Å². The number of hydrogen-bond donors (Lipinski definition) is 1. The second-order valence-corrected chi connectivity index (χ2v) is 8.81. The topological polar surface area (TPSA) is 67.3 Å².